The minimum absolute atomic E-state index is 0.703. The molecule has 1 saturated carbocycles. The van der Waals surface area contributed by atoms with Crippen LogP contribution in [0.3, 0.4) is 0 Å². The summed E-state index contributed by atoms with van der Waals surface area (Å²) in [5.74, 6) is 0.955. The van der Waals surface area contributed by atoms with Gasteiger partial charge in [0.25, 0.3) is 0 Å². The normalized spacial score (nSPS) is 16.7. The van der Waals surface area contributed by atoms with E-state index in [1.807, 2.05) is 18.2 Å². The van der Waals surface area contributed by atoms with Crippen LogP contribution in [0, 0.1) is 0 Å². The van der Waals surface area contributed by atoms with Gasteiger partial charge in [-0.15, -0.1) is 0 Å². The zero-order chi connectivity index (χ0) is 13.8. The van der Waals surface area contributed by atoms with Gasteiger partial charge in [-0.2, -0.15) is 0 Å². The summed E-state index contributed by atoms with van der Waals surface area (Å²) >= 11 is 0. The molecule has 20 heavy (non-hydrogen) atoms. The Bertz CT molecular complexity index is 529. The van der Waals surface area contributed by atoms with Crippen molar-refractivity contribution < 1.29 is 4.52 Å². The molecule has 1 fully saturated rings. The zero-order valence-corrected chi connectivity index (χ0v) is 12.1. The van der Waals surface area contributed by atoms with Crippen LogP contribution in [0.4, 0.5) is 0 Å². The van der Waals surface area contributed by atoms with Crippen molar-refractivity contribution in [2.45, 2.75) is 44.7 Å². The van der Waals surface area contributed by atoms with E-state index in [0.29, 0.717) is 6.04 Å². The SMILES string of the molecule is CN(Cc1cc(-c2ccccc2)no1)C1CCCCC1. The van der Waals surface area contributed by atoms with E-state index in [0.717, 1.165) is 23.6 Å². The van der Waals surface area contributed by atoms with Crippen molar-refractivity contribution >= 4 is 0 Å². The molecule has 0 atom stereocenters. The summed E-state index contributed by atoms with van der Waals surface area (Å²) in [6, 6.07) is 13.0. The minimum Gasteiger partial charge on any atom is -0.359 e. The third-order valence-corrected chi connectivity index (χ3v) is 4.23. The van der Waals surface area contributed by atoms with Crippen molar-refractivity contribution in [1.29, 1.82) is 0 Å². The van der Waals surface area contributed by atoms with Gasteiger partial charge in [-0.3, -0.25) is 4.90 Å². The van der Waals surface area contributed by atoms with Crippen LogP contribution in [-0.2, 0) is 6.54 Å². The number of hydrogen-bond acceptors (Lipinski definition) is 3. The van der Waals surface area contributed by atoms with E-state index < -0.39 is 0 Å². The lowest BCUT2D eigenvalue weighted by molar-refractivity contribution is 0.168. The van der Waals surface area contributed by atoms with E-state index in [2.05, 4.69) is 35.3 Å². The molecule has 0 unspecified atom stereocenters. The predicted octanol–water partition coefficient (Wildman–Crippen LogP) is 4.11. The van der Waals surface area contributed by atoms with Crippen molar-refractivity contribution in [2.24, 2.45) is 0 Å². The maximum Gasteiger partial charge on any atom is 0.151 e. The van der Waals surface area contributed by atoms with Crippen LogP contribution < -0.4 is 0 Å². The second-order valence-corrected chi connectivity index (χ2v) is 5.75. The first-order chi connectivity index (χ1) is 9.83. The fraction of sp³-hybridized carbons (Fsp3) is 0.471. The Hall–Kier alpha value is -1.61. The fourth-order valence-electron chi connectivity index (χ4n) is 3.03. The third kappa shape index (κ3) is 3.10. The molecule has 0 radical (unpaired) electrons. The Morgan fingerprint density at radius 1 is 1.15 bits per heavy atom. The molecule has 3 heteroatoms. The van der Waals surface area contributed by atoms with E-state index in [4.69, 9.17) is 4.52 Å². The number of benzene rings is 1. The van der Waals surface area contributed by atoms with Gasteiger partial charge in [-0.05, 0) is 19.9 Å². The Labute approximate surface area is 120 Å². The van der Waals surface area contributed by atoms with Gasteiger partial charge in [-0.25, -0.2) is 0 Å². The van der Waals surface area contributed by atoms with Gasteiger partial charge >= 0.3 is 0 Å². The summed E-state index contributed by atoms with van der Waals surface area (Å²) in [4.78, 5) is 2.41. The van der Waals surface area contributed by atoms with Crippen LogP contribution in [-0.4, -0.2) is 23.1 Å². The van der Waals surface area contributed by atoms with Gasteiger partial charge in [0.2, 0.25) is 0 Å². The monoisotopic (exact) mass is 270 g/mol. The highest BCUT2D eigenvalue weighted by atomic mass is 16.5. The molecule has 1 aliphatic carbocycles. The van der Waals surface area contributed by atoms with Gasteiger partial charge in [0.05, 0.1) is 6.54 Å². The van der Waals surface area contributed by atoms with Crippen LogP contribution >= 0.6 is 0 Å². The maximum atomic E-state index is 5.49. The molecule has 1 aliphatic rings. The molecule has 0 spiro atoms. The predicted molar refractivity (Wildman–Crippen MR) is 80.3 cm³/mol. The van der Waals surface area contributed by atoms with E-state index in [-0.39, 0.29) is 0 Å². The molecular formula is C17H22N2O. The summed E-state index contributed by atoms with van der Waals surface area (Å²) in [5, 5.41) is 4.18. The van der Waals surface area contributed by atoms with E-state index in [1.165, 1.54) is 32.1 Å². The third-order valence-electron chi connectivity index (χ3n) is 4.23. The smallest absolute Gasteiger partial charge is 0.151 e. The highest BCUT2D eigenvalue weighted by Crippen LogP contribution is 2.24. The lowest BCUT2D eigenvalue weighted by Crippen LogP contribution is -2.32. The highest BCUT2D eigenvalue weighted by Gasteiger charge is 2.19. The largest absolute Gasteiger partial charge is 0.359 e. The summed E-state index contributed by atoms with van der Waals surface area (Å²) in [7, 11) is 2.20. The Morgan fingerprint density at radius 2 is 1.90 bits per heavy atom. The van der Waals surface area contributed by atoms with Gasteiger partial charge in [-0.1, -0.05) is 54.8 Å². The first kappa shape index (κ1) is 13.4. The molecule has 0 aliphatic heterocycles. The first-order valence-electron chi connectivity index (χ1n) is 7.54. The van der Waals surface area contributed by atoms with E-state index >= 15 is 0 Å². The quantitative estimate of drug-likeness (QED) is 0.837. The topological polar surface area (TPSA) is 29.3 Å². The summed E-state index contributed by atoms with van der Waals surface area (Å²) in [6.45, 7) is 0.852. The molecule has 3 nitrogen and oxygen atoms in total. The molecule has 2 aromatic rings. The maximum absolute atomic E-state index is 5.49. The van der Waals surface area contributed by atoms with Crippen molar-refractivity contribution in [3.05, 3.63) is 42.2 Å². The number of nitrogens with zero attached hydrogens (tertiary/aromatic N) is 2. The van der Waals surface area contributed by atoms with E-state index in [1.54, 1.807) is 0 Å². The molecule has 0 N–H and O–H groups in total. The average Bonchev–Trinajstić information content (AvgIpc) is 2.97. The van der Waals surface area contributed by atoms with Crippen LogP contribution in [0.15, 0.2) is 40.9 Å². The van der Waals surface area contributed by atoms with Crippen LogP contribution in [0.2, 0.25) is 0 Å². The van der Waals surface area contributed by atoms with Crippen molar-refractivity contribution in [3.63, 3.8) is 0 Å². The molecule has 3 rings (SSSR count). The minimum atomic E-state index is 0.703. The molecule has 1 aromatic heterocycles. The fourth-order valence-corrected chi connectivity index (χ4v) is 3.03. The zero-order valence-electron chi connectivity index (χ0n) is 12.1. The first-order valence-corrected chi connectivity index (χ1v) is 7.54. The van der Waals surface area contributed by atoms with Crippen molar-refractivity contribution in [3.8, 4) is 11.3 Å². The number of aromatic nitrogens is 1. The summed E-state index contributed by atoms with van der Waals surface area (Å²) in [6.07, 6.45) is 6.75. The molecule has 1 heterocycles. The summed E-state index contributed by atoms with van der Waals surface area (Å²) < 4.78 is 5.49. The standard InChI is InChI=1S/C17H22N2O/c1-19(15-10-6-3-7-11-15)13-16-12-17(18-20-16)14-8-4-2-5-9-14/h2,4-5,8-9,12,15H,3,6-7,10-11,13H2,1H3. The second kappa shape index (κ2) is 6.23. The summed E-state index contributed by atoms with van der Waals surface area (Å²) in [5.41, 5.74) is 2.04. The van der Waals surface area contributed by atoms with Gasteiger partial charge in [0, 0.05) is 17.7 Å². The van der Waals surface area contributed by atoms with Crippen LogP contribution in [0.5, 0.6) is 0 Å². The van der Waals surface area contributed by atoms with Gasteiger partial charge < -0.3 is 4.52 Å². The Balaban J connectivity index is 1.65. The van der Waals surface area contributed by atoms with Gasteiger partial charge in [0.1, 0.15) is 5.69 Å². The molecular weight excluding hydrogens is 248 g/mol. The lowest BCUT2D eigenvalue weighted by atomic mass is 9.94. The second-order valence-electron chi connectivity index (χ2n) is 5.75. The molecule has 106 valence electrons. The number of rotatable bonds is 4. The van der Waals surface area contributed by atoms with Crippen LogP contribution in [0.25, 0.3) is 11.3 Å². The molecule has 0 bridgehead atoms. The molecule has 0 saturated heterocycles. The molecule has 0 amide bonds. The highest BCUT2D eigenvalue weighted by molar-refractivity contribution is 5.58. The van der Waals surface area contributed by atoms with Crippen molar-refractivity contribution in [2.75, 3.05) is 7.05 Å². The van der Waals surface area contributed by atoms with E-state index in [9.17, 15) is 0 Å². The Kier molecular flexibility index (Phi) is 4.16. The Morgan fingerprint density at radius 3 is 2.65 bits per heavy atom. The lowest BCUT2D eigenvalue weighted by Gasteiger charge is -2.30. The molecule has 1 aromatic carbocycles. The van der Waals surface area contributed by atoms with Crippen molar-refractivity contribution in [1.82, 2.24) is 10.1 Å². The van der Waals surface area contributed by atoms with Crippen LogP contribution in [0.1, 0.15) is 37.9 Å². The van der Waals surface area contributed by atoms with Gasteiger partial charge in [0.15, 0.2) is 5.76 Å². The number of hydrogen-bond donors (Lipinski definition) is 0. The average molecular weight is 270 g/mol.